The maximum absolute atomic E-state index is 13.1. The third kappa shape index (κ3) is 7.36. The summed E-state index contributed by atoms with van der Waals surface area (Å²) in [7, 11) is 5.52. The maximum Gasteiger partial charge on any atom is 0.410 e. The van der Waals surface area contributed by atoms with Gasteiger partial charge in [0.2, 0.25) is 5.95 Å². The number of rotatable bonds is 9. The average Bonchev–Trinajstić information content (AvgIpc) is 3.28. The highest BCUT2D eigenvalue weighted by Crippen LogP contribution is 2.34. The number of carbonyl (C=O) groups excluding carboxylic acids is 2. The molecule has 3 heterocycles. The molecule has 1 amide bonds. The summed E-state index contributed by atoms with van der Waals surface area (Å²) in [5.41, 5.74) is 11.1. The molecule has 12 nitrogen and oxygen atoms in total. The third-order valence-electron chi connectivity index (χ3n) is 6.85. The monoisotopic (exact) mass is 602 g/mol. The summed E-state index contributed by atoms with van der Waals surface area (Å²) in [4.78, 5) is 42.6. The summed E-state index contributed by atoms with van der Waals surface area (Å²) < 4.78 is 12.8. The zero-order chi connectivity index (χ0) is 32.3. The lowest BCUT2D eigenvalue weighted by Crippen LogP contribution is -2.38. The van der Waals surface area contributed by atoms with Gasteiger partial charge in [-0.05, 0) is 71.4 Å². The quantitative estimate of drug-likeness (QED) is 0.185. The Morgan fingerprint density at radius 2 is 1.86 bits per heavy atom. The Labute approximate surface area is 258 Å². The molecule has 3 aromatic heterocycles. The molecule has 0 radical (unpaired) electrons. The molecule has 0 saturated heterocycles. The smallest absolute Gasteiger partial charge is 0.410 e. The van der Waals surface area contributed by atoms with Crippen LogP contribution in [0.3, 0.4) is 0 Å². The van der Waals surface area contributed by atoms with Crippen molar-refractivity contribution in [2.24, 2.45) is 7.05 Å². The van der Waals surface area contributed by atoms with Crippen molar-refractivity contribution < 1.29 is 19.1 Å². The molecular formula is C32H42N8O4. The van der Waals surface area contributed by atoms with E-state index < -0.39 is 11.6 Å². The number of hydrogen-bond acceptors (Lipinski definition) is 10. The second kappa shape index (κ2) is 12.8. The van der Waals surface area contributed by atoms with Crippen LogP contribution in [0, 0.1) is 6.92 Å². The van der Waals surface area contributed by atoms with Gasteiger partial charge in [-0.3, -0.25) is 0 Å². The number of likely N-dealkylation sites (N-methyl/N-ethyl adjacent to an activating group) is 2. The number of aryl methyl sites for hydroxylation is 2. The number of esters is 1. The van der Waals surface area contributed by atoms with E-state index >= 15 is 0 Å². The molecule has 0 spiro atoms. The van der Waals surface area contributed by atoms with Gasteiger partial charge in [0, 0.05) is 69.5 Å². The second-order valence-corrected chi connectivity index (χ2v) is 12.1. The first-order valence-corrected chi connectivity index (χ1v) is 14.5. The Kier molecular flexibility index (Phi) is 9.31. The number of pyridine rings is 1. The van der Waals surface area contributed by atoms with E-state index in [4.69, 9.17) is 20.2 Å². The Bertz CT molecular complexity index is 1680. The van der Waals surface area contributed by atoms with Gasteiger partial charge in [0.25, 0.3) is 0 Å². The molecule has 4 aromatic rings. The summed E-state index contributed by atoms with van der Waals surface area (Å²) in [6.45, 7) is 12.1. The van der Waals surface area contributed by atoms with E-state index in [0.717, 1.165) is 27.8 Å². The van der Waals surface area contributed by atoms with Crippen LogP contribution in [0.2, 0.25) is 0 Å². The molecule has 0 atom stereocenters. The van der Waals surface area contributed by atoms with Crippen LogP contribution in [0.1, 0.15) is 50.5 Å². The van der Waals surface area contributed by atoms with E-state index in [9.17, 15) is 9.59 Å². The molecule has 3 N–H and O–H groups in total. The minimum absolute atomic E-state index is 0.255. The molecule has 0 aliphatic rings. The van der Waals surface area contributed by atoms with Gasteiger partial charge in [-0.25, -0.2) is 24.5 Å². The second-order valence-electron chi connectivity index (χ2n) is 12.1. The van der Waals surface area contributed by atoms with Gasteiger partial charge in [-0.1, -0.05) is 0 Å². The number of amides is 1. The fraction of sp³-hybridized carbons (Fsp3) is 0.406. The normalized spacial score (nSPS) is 11.5. The Morgan fingerprint density at radius 1 is 1.14 bits per heavy atom. The summed E-state index contributed by atoms with van der Waals surface area (Å²) in [6, 6.07) is 7.58. The van der Waals surface area contributed by atoms with Gasteiger partial charge in [-0.2, -0.15) is 0 Å². The number of ether oxygens (including phenoxy) is 2. The fourth-order valence-corrected chi connectivity index (χ4v) is 4.62. The van der Waals surface area contributed by atoms with Gasteiger partial charge in [-0.15, -0.1) is 0 Å². The van der Waals surface area contributed by atoms with Gasteiger partial charge in [0.15, 0.2) is 0 Å². The van der Waals surface area contributed by atoms with E-state index in [1.807, 2.05) is 81.7 Å². The molecule has 0 saturated carbocycles. The number of carbonyl (C=O) groups is 2. The highest BCUT2D eigenvalue weighted by Gasteiger charge is 2.23. The summed E-state index contributed by atoms with van der Waals surface area (Å²) >= 11 is 0. The highest BCUT2D eigenvalue weighted by molar-refractivity contribution is 6.02. The van der Waals surface area contributed by atoms with Crippen molar-refractivity contribution in [1.29, 1.82) is 0 Å². The van der Waals surface area contributed by atoms with Crippen LogP contribution in [0.4, 0.5) is 27.8 Å². The van der Waals surface area contributed by atoms with Crippen LogP contribution in [0.15, 0.2) is 42.9 Å². The Balaban J connectivity index is 1.60. The molecule has 234 valence electrons. The van der Waals surface area contributed by atoms with Crippen molar-refractivity contribution in [3.8, 4) is 11.3 Å². The first-order valence-electron chi connectivity index (χ1n) is 14.5. The van der Waals surface area contributed by atoms with Crippen molar-refractivity contribution in [3.05, 3.63) is 54.0 Å². The molecule has 12 heteroatoms. The van der Waals surface area contributed by atoms with E-state index in [1.54, 1.807) is 32.0 Å². The first kappa shape index (κ1) is 32.1. The summed E-state index contributed by atoms with van der Waals surface area (Å²) in [6.07, 6.45) is 4.41. The predicted octanol–water partition coefficient (Wildman–Crippen LogP) is 5.53. The van der Waals surface area contributed by atoms with Crippen molar-refractivity contribution in [2.45, 2.75) is 53.2 Å². The number of nitrogens with one attached hydrogen (secondary N) is 1. The number of fused-ring (bicyclic) bond motifs is 1. The van der Waals surface area contributed by atoms with Crippen LogP contribution in [0.25, 0.3) is 22.3 Å². The van der Waals surface area contributed by atoms with Crippen molar-refractivity contribution in [3.63, 3.8) is 0 Å². The largest absolute Gasteiger partial charge is 0.459 e. The lowest BCUT2D eigenvalue weighted by Gasteiger charge is -2.28. The number of nitrogens with two attached hydrogens (primary N) is 1. The minimum atomic E-state index is -0.560. The maximum atomic E-state index is 13.1. The lowest BCUT2D eigenvalue weighted by atomic mass is 10.1. The highest BCUT2D eigenvalue weighted by atomic mass is 16.6. The zero-order valence-electron chi connectivity index (χ0n) is 26.9. The number of nitrogens with zero attached hydrogens (tertiary/aromatic N) is 6. The standard InChI is InChI=1S/C32H42N8O4/c1-19(2)43-29(41)22-17-35-30(37-27(22)23-18-40(9)28-21(23)11-10-12-34-28)36-25-16-24(33)26(15-20(25)3)38(7)13-14-39(8)31(42)44-32(4,5)6/h10-12,15-19H,13-14,33H2,1-9H3,(H,35,36,37). The average molecular weight is 603 g/mol. The molecule has 0 bridgehead atoms. The Morgan fingerprint density at radius 3 is 2.55 bits per heavy atom. The minimum Gasteiger partial charge on any atom is -0.459 e. The molecule has 0 aliphatic carbocycles. The Hall–Kier alpha value is -4.87. The van der Waals surface area contributed by atoms with E-state index in [0.29, 0.717) is 36.1 Å². The van der Waals surface area contributed by atoms with E-state index in [1.165, 1.54) is 6.20 Å². The van der Waals surface area contributed by atoms with Gasteiger partial charge in [0.1, 0.15) is 16.8 Å². The number of anilines is 4. The molecule has 4 rings (SSSR count). The van der Waals surface area contributed by atoms with Gasteiger partial charge >= 0.3 is 12.1 Å². The van der Waals surface area contributed by atoms with Gasteiger partial charge < -0.3 is 34.9 Å². The van der Waals surface area contributed by atoms with Crippen LogP contribution in [0.5, 0.6) is 0 Å². The third-order valence-corrected chi connectivity index (χ3v) is 6.85. The molecule has 0 aliphatic heterocycles. The molecule has 44 heavy (non-hydrogen) atoms. The number of benzene rings is 1. The molecule has 0 unspecified atom stereocenters. The zero-order valence-corrected chi connectivity index (χ0v) is 26.9. The van der Waals surface area contributed by atoms with Crippen LogP contribution in [-0.2, 0) is 16.5 Å². The SMILES string of the molecule is Cc1cc(N(C)CCN(C)C(=O)OC(C)(C)C)c(N)cc1Nc1ncc(C(=O)OC(C)C)c(-c2cn(C)c3ncccc23)n1. The van der Waals surface area contributed by atoms with Crippen molar-refractivity contribution >= 4 is 46.1 Å². The van der Waals surface area contributed by atoms with Crippen LogP contribution >= 0.6 is 0 Å². The number of aromatic nitrogens is 4. The van der Waals surface area contributed by atoms with Crippen LogP contribution in [-0.4, -0.2) is 75.4 Å². The van der Waals surface area contributed by atoms with Crippen LogP contribution < -0.4 is 16.0 Å². The summed E-state index contributed by atoms with van der Waals surface area (Å²) in [5, 5.41) is 4.12. The number of hydrogen-bond donors (Lipinski definition) is 2. The fourth-order valence-electron chi connectivity index (χ4n) is 4.62. The molecule has 0 fully saturated rings. The number of nitrogen functional groups attached to an aromatic ring is 1. The van der Waals surface area contributed by atoms with Crippen molar-refractivity contribution in [2.75, 3.05) is 43.1 Å². The van der Waals surface area contributed by atoms with Crippen molar-refractivity contribution in [1.82, 2.24) is 24.4 Å². The lowest BCUT2D eigenvalue weighted by molar-refractivity contribution is 0.0302. The first-order chi connectivity index (χ1) is 20.6. The topological polar surface area (TPSA) is 141 Å². The van der Waals surface area contributed by atoms with Gasteiger partial charge in [0.05, 0.1) is 23.2 Å². The summed E-state index contributed by atoms with van der Waals surface area (Å²) in [5.74, 6) is -0.211. The van der Waals surface area contributed by atoms with E-state index in [2.05, 4.69) is 15.3 Å². The van der Waals surface area contributed by atoms with E-state index in [-0.39, 0.29) is 17.8 Å². The predicted molar refractivity (Wildman–Crippen MR) is 173 cm³/mol. The molecule has 1 aromatic carbocycles. The molecular weight excluding hydrogens is 560 g/mol.